The standard InChI is InChI=1S/C59H49N5/c1-3-5-18-40-30-32-53-49(34-40)51-38-52-50-35-41(19-6-4-2)31-33-54(50)64(56(52)39-55(51)63(53)48-28-14-9-15-29-48)59-61-57(43-22-12-8-13-23-43)60-58(62-59)47-27-17-26-46(37-47)45-25-16-24-44(36-45)42-20-10-7-11-21-42/h7-17,20-39H,3-6,18-19H2,1-2H3. The Labute approximate surface area is 374 Å². The molecule has 5 heteroatoms. The van der Waals surface area contributed by atoms with Gasteiger partial charge in [-0.3, -0.25) is 4.57 Å². The van der Waals surface area contributed by atoms with Gasteiger partial charge in [0.1, 0.15) is 0 Å². The van der Waals surface area contributed by atoms with Crippen molar-refractivity contribution in [2.75, 3.05) is 0 Å². The first kappa shape index (κ1) is 39.2. The molecule has 3 aromatic heterocycles. The SMILES string of the molecule is CCCCc1ccc2c(c1)c1cc3c4cc(CCCC)ccc4n(-c4nc(-c5ccccc5)nc(-c5cccc(-c6cccc(-c7ccccc7)c6)c5)n4)c3cc1n2-c1ccccc1. The number of para-hydroxylation sites is 1. The normalized spacial score (nSPS) is 11.7. The van der Waals surface area contributed by atoms with Crippen LogP contribution in [0.15, 0.2) is 188 Å². The maximum atomic E-state index is 5.42. The molecule has 0 saturated carbocycles. The van der Waals surface area contributed by atoms with E-state index in [0.29, 0.717) is 17.6 Å². The van der Waals surface area contributed by atoms with Crippen molar-refractivity contribution in [3.05, 3.63) is 199 Å². The van der Waals surface area contributed by atoms with Gasteiger partial charge in [0.2, 0.25) is 5.95 Å². The number of unbranched alkanes of at least 4 members (excludes halogenated alkanes) is 2. The van der Waals surface area contributed by atoms with Crippen LogP contribution in [0.4, 0.5) is 0 Å². The molecular formula is C59H49N5. The second kappa shape index (κ2) is 16.9. The second-order valence-electron chi connectivity index (χ2n) is 17.0. The van der Waals surface area contributed by atoms with Crippen LogP contribution >= 0.6 is 0 Å². The zero-order valence-electron chi connectivity index (χ0n) is 36.4. The molecule has 8 aromatic carbocycles. The molecule has 0 N–H and O–H groups in total. The Morgan fingerprint density at radius 1 is 0.344 bits per heavy atom. The highest BCUT2D eigenvalue weighted by Crippen LogP contribution is 2.41. The first-order valence-electron chi connectivity index (χ1n) is 22.8. The molecule has 0 radical (unpaired) electrons. The summed E-state index contributed by atoms with van der Waals surface area (Å²) in [6, 6.07) is 67.8. The lowest BCUT2D eigenvalue weighted by Gasteiger charge is -2.12. The van der Waals surface area contributed by atoms with Crippen molar-refractivity contribution in [2.24, 2.45) is 0 Å². The molecule has 11 rings (SSSR count). The average molecular weight is 828 g/mol. The topological polar surface area (TPSA) is 48.5 Å². The fourth-order valence-electron chi connectivity index (χ4n) is 9.43. The third-order valence-corrected chi connectivity index (χ3v) is 12.7. The third kappa shape index (κ3) is 7.23. The summed E-state index contributed by atoms with van der Waals surface area (Å²) in [5, 5.41) is 4.92. The molecule has 0 spiro atoms. The lowest BCUT2D eigenvalue weighted by molar-refractivity contribution is 0.796. The zero-order valence-corrected chi connectivity index (χ0v) is 36.4. The van der Waals surface area contributed by atoms with Gasteiger partial charge < -0.3 is 4.57 Å². The van der Waals surface area contributed by atoms with E-state index in [2.05, 4.69) is 193 Å². The lowest BCUT2D eigenvalue weighted by Crippen LogP contribution is -2.06. The van der Waals surface area contributed by atoms with Crippen molar-refractivity contribution >= 4 is 43.6 Å². The van der Waals surface area contributed by atoms with Crippen molar-refractivity contribution in [1.29, 1.82) is 0 Å². The number of aromatic nitrogens is 5. The minimum Gasteiger partial charge on any atom is -0.309 e. The number of fused-ring (bicyclic) bond motifs is 6. The van der Waals surface area contributed by atoms with Crippen LogP contribution in [0.25, 0.3) is 100 Å². The lowest BCUT2D eigenvalue weighted by atomic mass is 9.98. The number of aryl methyl sites for hydroxylation is 2. The van der Waals surface area contributed by atoms with E-state index in [-0.39, 0.29) is 0 Å². The molecule has 5 nitrogen and oxygen atoms in total. The highest BCUT2D eigenvalue weighted by molar-refractivity contribution is 6.19. The van der Waals surface area contributed by atoms with Crippen LogP contribution in [-0.2, 0) is 12.8 Å². The molecular weight excluding hydrogens is 779 g/mol. The Morgan fingerprint density at radius 2 is 0.797 bits per heavy atom. The molecule has 0 aliphatic rings. The van der Waals surface area contributed by atoms with Crippen LogP contribution in [0.3, 0.4) is 0 Å². The summed E-state index contributed by atoms with van der Waals surface area (Å²) in [4.78, 5) is 16.0. The predicted octanol–water partition coefficient (Wildman–Crippen LogP) is 15.4. The van der Waals surface area contributed by atoms with Gasteiger partial charge in [-0.1, -0.05) is 154 Å². The van der Waals surface area contributed by atoms with Crippen LogP contribution in [-0.4, -0.2) is 24.1 Å². The van der Waals surface area contributed by atoms with E-state index >= 15 is 0 Å². The van der Waals surface area contributed by atoms with E-state index in [1.807, 2.05) is 18.2 Å². The van der Waals surface area contributed by atoms with Crippen molar-refractivity contribution < 1.29 is 0 Å². The molecule has 310 valence electrons. The van der Waals surface area contributed by atoms with Gasteiger partial charge in [0.25, 0.3) is 0 Å². The van der Waals surface area contributed by atoms with Gasteiger partial charge in [0.05, 0.1) is 22.1 Å². The molecule has 64 heavy (non-hydrogen) atoms. The van der Waals surface area contributed by atoms with E-state index in [0.717, 1.165) is 70.2 Å². The monoisotopic (exact) mass is 827 g/mol. The predicted molar refractivity (Wildman–Crippen MR) is 267 cm³/mol. The molecule has 0 unspecified atom stereocenters. The van der Waals surface area contributed by atoms with Crippen LogP contribution in [0.2, 0.25) is 0 Å². The molecule has 0 aliphatic heterocycles. The fraction of sp³-hybridized carbons (Fsp3) is 0.136. The van der Waals surface area contributed by atoms with Gasteiger partial charge in [-0.25, -0.2) is 4.98 Å². The van der Waals surface area contributed by atoms with E-state index in [1.54, 1.807) is 0 Å². The van der Waals surface area contributed by atoms with E-state index in [1.165, 1.54) is 62.2 Å². The summed E-state index contributed by atoms with van der Waals surface area (Å²) in [5.41, 5.74) is 14.8. The first-order chi connectivity index (χ1) is 31.6. The minimum atomic E-state index is 0.588. The van der Waals surface area contributed by atoms with Crippen LogP contribution in [0, 0.1) is 0 Å². The van der Waals surface area contributed by atoms with Gasteiger partial charge in [-0.15, -0.1) is 0 Å². The molecule has 0 atom stereocenters. The van der Waals surface area contributed by atoms with Crippen molar-refractivity contribution in [2.45, 2.75) is 52.4 Å². The van der Waals surface area contributed by atoms with Gasteiger partial charge in [-0.2, -0.15) is 9.97 Å². The van der Waals surface area contributed by atoms with E-state index in [4.69, 9.17) is 15.0 Å². The Morgan fingerprint density at radius 3 is 1.39 bits per heavy atom. The summed E-state index contributed by atoms with van der Waals surface area (Å²) in [6.07, 6.45) is 6.74. The summed E-state index contributed by atoms with van der Waals surface area (Å²) in [7, 11) is 0. The number of hydrogen-bond donors (Lipinski definition) is 0. The quantitative estimate of drug-likeness (QED) is 0.123. The highest BCUT2D eigenvalue weighted by atomic mass is 15.2. The largest absolute Gasteiger partial charge is 0.309 e. The molecule has 0 aliphatic carbocycles. The van der Waals surface area contributed by atoms with E-state index in [9.17, 15) is 0 Å². The Hall–Kier alpha value is -7.63. The van der Waals surface area contributed by atoms with Crippen molar-refractivity contribution in [1.82, 2.24) is 24.1 Å². The fourth-order valence-corrected chi connectivity index (χ4v) is 9.43. The number of benzene rings is 8. The van der Waals surface area contributed by atoms with Gasteiger partial charge in [0, 0.05) is 38.4 Å². The minimum absolute atomic E-state index is 0.588. The van der Waals surface area contributed by atoms with Gasteiger partial charge in [-0.05, 0) is 120 Å². The van der Waals surface area contributed by atoms with Gasteiger partial charge >= 0.3 is 0 Å². The Bertz CT molecular complexity index is 3460. The Kier molecular flexibility index (Phi) is 10.4. The van der Waals surface area contributed by atoms with Crippen molar-refractivity contribution in [3.8, 4) is 56.7 Å². The van der Waals surface area contributed by atoms with Crippen LogP contribution < -0.4 is 0 Å². The van der Waals surface area contributed by atoms with Crippen LogP contribution in [0.1, 0.15) is 50.7 Å². The molecule has 11 aromatic rings. The number of rotatable bonds is 12. The molecule has 0 saturated heterocycles. The Balaban J connectivity index is 1.16. The molecule has 0 fully saturated rings. The zero-order chi connectivity index (χ0) is 43.0. The summed E-state index contributed by atoms with van der Waals surface area (Å²) in [6.45, 7) is 4.53. The molecule has 3 heterocycles. The first-order valence-corrected chi connectivity index (χ1v) is 22.8. The molecule has 0 amide bonds. The smallest absolute Gasteiger partial charge is 0.238 e. The second-order valence-corrected chi connectivity index (χ2v) is 17.0. The maximum absolute atomic E-state index is 5.42. The summed E-state index contributed by atoms with van der Waals surface area (Å²) in [5.74, 6) is 1.84. The molecule has 0 bridgehead atoms. The van der Waals surface area contributed by atoms with Gasteiger partial charge in [0.15, 0.2) is 11.6 Å². The summed E-state index contributed by atoms with van der Waals surface area (Å²) < 4.78 is 4.70. The van der Waals surface area contributed by atoms with Crippen molar-refractivity contribution in [3.63, 3.8) is 0 Å². The summed E-state index contributed by atoms with van der Waals surface area (Å²) >= 11 is 0. The number of nitrogens with zero attached hydrogens (tertiary/aromatic N) is 5. The maximum Gasteiger partial charge on any atom is 0.238 e. The number of hydrogen-bond acceptors (Lipinski definition) is 3. The highest BCUT2D eigenvalue weighted by Gasteiger charge is 2.22. The third-order valence-electron chi connectivity index (χ3n) is 12.7. The van der Waals surface area contributed by atoms with Crippen LogP contribution in [0.5, 0.6) is 0 Å². The average Bonchev–Trinajstić information content (AvgIpc) is 3.86. The van der Waals surface area contributed by atoms with E-state index < -0.39 is 0 Å².